The molecule has 0 bridgehead atoms. The summed E-state index contributed by atoms with van der Waals surface area (Å²) in [5.41, 5.74) is 2.82. The second-order valence-corrected chi connectivity index (χ2v) is 10.00. The van der Waals surface area contributed by atoms with E-state index in [-0.39, 0.29) is 11.7 Å². The number of hydrogen-bond donors (Lipinski definition) is 3. The number of methoxy groups -OCH3 is 1. The van der Waals surface area contributed by atoms with Gasteiger partial charge in [0.2, 0.25) is 11.1 Å². The van der Waals surface area contributed by atoms with Gasteiger partial charge in [0.25, 0.3) is 0 Å². The third-order valence-electron chi connectivity index (χ3n) is 5.08. The second-order valence-electron chi connectivity index (χ2n) is 7.60. The van der Waals surface area contributed by atoms with E-state index in [0.29, 0.717) is 22.5 Å². The molecule has 4 N–H and O–H groups in total. The molecule has 1 amide bonds. The van der Waals surface area contributed by atoms with Gasteiger partial charge in [-0.05, 0) is 54.1 Å². The molecular weight excluding hydrogens is 516 g/mol. The number of nitrogens with zero attached hydrogens (tertiary/aromatic N) is 3. The number of carbonyl (C=O) groups is 1. The van der Waals surface area contributed by atoms with E-state index in [4.69, 9.17) is 22.2 Å². The van der Waals surface area contributed by atoms with Crippen LogP contribution in [0.15, 0.2) is 82.8 Å². The standard InChI is InChI=1S/C25H25ClN6O2S2/c1-34-20-12-10-19(11-13-20)28-14-23-30-31-25(32(23)27)36-16-24(33)29-21-4-2-3-5-22(21)35-15-17-6-8-18(26)9-7-17/h2-13,28H,14-16,27H2,1H3,(H,29,33). The summed E-state index contributed by atoms with van der Waals surface area (Å²) in [7, 11) is 1.62. The van der Waals surface area contributed by atoms with Crippen molar-refractivity contribution in [2.75, 3.05) is 29.3 Å². The van der Waals surface area contributed by atoms with Gasteiger partial charge < -0.3 is 21.2 Å². The molecule has 0 atom stereocenters. The molecule has 4 rings (SSSR count). The number of para-hydroxylation sites is 1. The summed E-state index contributed by atoms with van der Waals surface area (Å²) in [6.45, 7) is 0.390. The minimum atomic E-state index is -0.152. The highest BCUT2D eigenvalue weighted by molar-refractivity contribution is 7.99. The molecular formula is C25H25ClN6O2S2. The summed E-state index contributed by atoms with van der Waals surface area (Å²) in [6.07, 6.45) is 0. The molecule has 8 nitrogen and oxygen atoms in total. The van der Waals surface area contributed by atoms with Crippen LogP contribution in [0.5, 0.6) is 5.75 Å². The Bertz CT molecular complexity index is 1300. The fraction of sp³-hybridized carbons (Fsp3) is 0.160. The average Bonchev–Trinajstić information content (AvgIpc) is 3.26. The largest absolute Gasteiger partial charge is 0.497 e. The highest BCUT2D eigenvalue weighted by atomic mass is 35.5. The number of hydrogen-bond acceptors (Lipinski definition) is 8. The van der Waals surface area contributed by atoms with Gasteiger partial charge in [0.15, 0.2) is 5.82 Å². The van der Waals surface area contributed by atoms with Crippen LogP contribution in [0.2, 0.25) is 5.02 Å². The maximum absolute atomic E-state index is 12.7. The third-order valence-corrected chi connectivity index (χ3v) is 7.42. The smallest absolute Gasteiger partial charge is 0.234 e. The minimum Gasteiger partial charge on any atom is -0.497 e. The van der Waals surface area contributed by atoms with Crippen LogP contribution in [-0.4, -0.2) is 33.6 Å². The molecule has 186 valence electrons. The quantitative estimate of drug-likeness (QED) is 0.174. The van der Waals surface area contributed by atoms with Crippen molar-refractivity contribution in [2.45, 2.75) is 22.3 Å². The Morgan fingerprint density at radius 2 is 1.78 bits per heavy atom. The van der Waals surface area contributed by atoms with Crippen molar-refractivity contribution < 1.29 is 9.53 Å². The minimum absolute atomic E-state index is 0.150. The molecule has 1 heterocycles. The monoisotopic (exact) mass is 540 g/mol. The molecule has 0 unspecified atom stereocenters. The van der Waals surface area contributed by atoms with Crippen LogP contribution in [-0.2, 0) is 17.1 Å². The van der Waals surface area contributed by atoms with Crippen molar-refractivity contribution in [3.05, 3.63) is 89.2 Å². The van der Waals surface area contributed by atoms with E-state index in [0.717, 1.165) is 33.3 Å². The maximum Gasteiger partial charge on any atom is 0.234 e. The number of nitrogens with two attached hydrogens (primary N) is 1. The highest BCUT2D eigenvalue weighted by Crippen LogP contribution is 2.30. The van der Waals surface area contributed by atoms with E-state index >= 15 is 0 Å². The molecule has 36 heavy (non-hydrogen) atoms. The molecule has 11 heteroatoms. The first-order valence-electron chi connectivity index (χ1n) is 11.0. The lowest BCUT2D eigenvalue weighted by Crippen LogP contribution is -2.18. The molecule has 0 spiro atoms. The predicted molar refractivity (Wildman–Crippen MR) is 147 cm³/mol. The molecule has 1 aromatic heterocycles. The molecule has 0 radical (unpaired) electrons. The van der Waals surface area contributed by atoms with Crippen molar-refractivity contribution >= 4 is 52.4 Å². The van der Waals surface area contributed by atoms with E-state index in [9.17, 15) is 4.79 Å². The third kappa shape index (κ3) is 7.09. The van der Waals surface area contributed by atoms with Gasteiger partial charge >= 0.3 is 0 Å². The number of anilines is 2. The van der Waals surface area contributed by atoms with E-state index < -0.39 is 0 Å². The highest BCUT2D eigenvalue weighted by Gasteiger charge is 2.13. The zero-order valence-corrected chi connectivity index (χ0v) is 21.9. The number of aromatic nitrogens is 3. The van der Waals surface area contributed by atoms with E-state index in [1.807, 2.05) is 72.8 Å². The second kappa shape index (κ2) is 12.6. The van der Waals surface area contributed by atoms with Crippen LogP contribution < -0.4 is 21.2 Å². The molecule has 0 saturated heterocycles. The number of nitrogens with one attached hydrogen (secondary N) is 2. The Morgan fingerprint density at radius 3 is 2.53 bits per heavy atom. The summed E-state index contributed by atoms with van der Waals surface area (Å²) >= 11 is 8.84. The number of thioether (sulfide) groups is 2. The lowest BCUT2D eigenvalue weighted by molar-refractivity contribution is -0.113. The Balaban J connectivity index is 1.28. The lowest BCUT2D eigenvalue weighted by Gasteiger charge is -2.11. The number of carbonyl (C=O) groups excluding carboxylic acids is 1. The number of halogens is 1. The topological polar surface area (TPSA) is 107 Å². The number of ether oxygens (including phenoxy) is 1. The van der Waals surface area contributed by atoms with Gasteiger partial charge in [0.05, 0.1) is 25.1 Å². The molecule has 3 aromatic carbocycles. The number of benzene rings is 3. The lowest BCUT2D eigenvalue weighted by atomic mass is 10.2. The van der Waals surface area contributed by atoms with Gasteiger partial charge in [0.1, 0.15) is 5.75 Å². The molecule has 0 saturated carbocycles. The number of nitrogen functional groups attached to an aromatic ring is 1. The van der Waals surface area contributed by atoms with E-state index in [2.05, 4.69) is 20.8 Å². The fourth-order valence-electron chi connectivity index (χ4n) is 3.17. The van der Waals surface area contributed by atoms with Gasteiger partial charge in [0, 0.05) is 21.4 Å². The summed E-state index contributed by atoms with van der Waals surface area (Å²) in [5.74, 6) is 8.25. The summed E-state index contributed by atoms with van der Waals surface area (Å²) in [6, 6.07) is 23.0. The van der Waals surface area contributed by atoms with Crippen molar-refractivity contribution in [3.8, 4) is 5.75 Å². The van der Waals surface area contributed by atoms with Crippen LogP contribution in [0, 0.1) is 0 Å². The SMILES string of the molecule is COc1ccc(NCc2nnc(SCC(=O)Nc3ccccc3SCc3ccc(Cl)cc3)n2N)cc1. The Labute approximate surface area is 222 Å². The Kier molecular flexibility index (Phi) is 8.99. The van der Waals surface area contributed by atoms with Crippen LogP contribution in [0.3, 0.4) is 0 Å². The molecule has 0 aliphatic heterocycles. The van der Waals surface area contributed by atoms with E-state index in [1.165, 1.54) is 16.4 Å². The average molecular weight is 541 g/mol. The summed E-state index contributed by atoms with van der Waals surface area (Å²) in [4.78, 5) is 13.6. The fourth-order valence-corrected chi connectivity index (χ4v) is 4.94. The number of rotatable bonds is 11. The predicted octanol–water partition coefficient (Wildman–Crippen LogP) is 5.29. The van der Waals surface area contributed by atoms with Crippen LogP contribution in [0.1, 0.15) is 11.4 Å². The van der Waals surface area contributed by atoms with Crippen molar-refractivity contribution in [1.29, 1.82) is 0 Å². The molecule has 0 aliphatic carbocycles. The first-order valence-corrected chi connectivity index (χ1v) is 13.3. The van der Waals surface area contributed by atoms with Gasteiger partial charge in [-0.2, -0.15) is 0 Å². The van der Waals surface area contributed by atoms with Gasteiger partial charge in [-0.15, -0.1) is 22.0 Å². The van der Waals surface area contributed by atoms with Gasteiger partial charge in [-0.3, -0.25) is 4.79 Å². The Morgan fingerprint density at radius 1 is 1.03 bits per heavy atom. The van der Waals surface area contributed by atoms with Crippen LogP contribution in [0.25, 0.3) is 0 Å². The first-order chi connectivity index (χ1) is 17.5. The van der Waals surface area contributed by atoms with Crippen LogP contribution in [0.4, 0.5) is 11.4 Å². The van der Waals surface area contributed by atoms with Crippen molar-refractivity contribution in [3.63, 3.8) is 0 Å². The zero-order chi connectivity index (χ0) is 25.3. The maximum atomic E-state index is 12.7. The molecule has 0 aliphatic rings. The zero-order valence-electron chi connectivity index (χ0n) is 19.5. The number of amides is 1. The van der Waals surface area contributed by atoms with Crippen molar-refractivity contribution in [2.24, 2.45) is 0 Å². The van der Waals surface area contributed by atoms with Crippen molar-refractivity contribution in [1.82, 2.24) is 14.9 Å². The normalized spacial score (nSPS) is 10.7. The first kappa shape index (κ1) is 25.7. The van der Waals surface area contributed by atoms with Gasteiger partial charge in [-0.1, -0.05) is 47.6 Å². The summed E-state index contributed by atoms with van der Waals surface area (Å²) < 4.78 is 6.56. The summed E-state index contributed by atoms with van der Waals surface area (Å²) in [5, 5.41) is 15.7. The van der Waals surface area contributed by atoms with Gasteiger partial charge in [-0.25, -0.2) is 4.68 Å². The van der Waals surface area contributed by atoms with E-state index in [1.54, 1.807) is 18.9 Å². The molecule has 0 fully saturated rings. The van der Waals surface area contributed by atoms with Crippen LogP contribution >= 0.6 is 35.1 Å². The Hall–Kier alpha value is -3.34. The molecule has 4 aromatic rings.